The third-order valence-electron chi connectivity index (χ3n) is 1.65. The molecule has 0 aromatic heterocycles. The highest BCUT2D eigenvalue weighted by atomic mass is 33.1. The van der Waals surface area contributed by atoms with E-state index < -0.39 is 21.4 Å². The molecule has 0 rings (SSSR count). The summed E-state index contributed by atoms with van der Waals surface area (Å²) < 4.78 is -0.793. The molecule has 0 fully saturated rings. The minimum atomic E-state index is -0.839. The van der Waals surface area contributed by atoms with E-state index >= 15 is 0 Å². The lowest BCUT2D eigenvalue weighted by Gasteiger charge is -2.27. The second kappa shape index (κ2) is 5.82. The molecule has 0 aromatic carbocycles. The van der Waals surface area contributed by atoms with Crippen LogP contribution in [0, 0.1) is 0 Å². The predicted octanol–water partition coefficient (Wildman–Crippen LogP) is 2.87. The minimum Gasteiger partial charge on any atom is -0.481 e. The summed E-state index contributed by atoms with van der Waals surface area (Å²) >= 11 is 0. The molecule has 2 N–H and O–H groups in total. The standard InChI is InChI=1S/C10H18O4S2/c1-9(2,5-7(11)12)15-16-10(3,4)6-8(13)14/h5-6H2,1-4H3,(H,11,12)(H,13,14). The highest BCUT2D eigenvalue weighted by Crippen LogP contribution is 2.46. The van der Waals surface area contributed by atoms with Gasteiger partial charge in [0.05, 0.1) is 12.8 Å². The molecule has 0 atom stereocenters. The van der Waals surface area contributed by atoms with Crippen molar-refractivity contribution in [3.05, 3.63) is 0 Å². The first kappa shape index (κ1) is 15.6. The molecular formula is C10H18O4S2. The van der Waals surface area contributed by atoms with Crippen LogP contribution in [0.2, 0.25) is 0 Å². The molecule has 0 spiro atoms. The molecule has 16 heavy (non-hydrogen) atoms. The molecule has 0 bridgehead atoms. The van der Waals surface area contributed by atoms with Gasteiger partial charge in [0.15, 0.2) is 0 Å². The van der Waals surface area contributed by atoms with E-state index in [-0.39, 0.29) is 12.8 Å². The molecule has 0 aliphatic rings. The van der Waals surface area contributed by atoms with E-state index in [1.54, 1.807) is 0 Å². The smallest absolute Gasteiger partial charge is 0.304 e. The number of aliphatic carboxylic acids is 2. The molecule has 0 aromatic rings. The Morgan fingerprint density at radius 2 is 1.12 bits per heavy atom. The van der Waals surface area contributed by atoms with Gasteiger partial charge in [-0.15, -0.1) is 0 Å². The summed E-state index contributed by atoms with van der Waals surface area (Å²) in [6.07, 6.45) is 0.127. The Kier molecular flexibility index (Phi) is 5.69. The lowest BCUT2D eigenvalue weighted by molar-refractivity contribution is -0.138. The number of carboxylic acid groups (broad SMARTS) is 2. The predicted molar refractivity (Wildman–Crippen MR) is 67.8 cm³/mol. The third kappa shape index (κ3) is 7.87. The van der Waals surface area contributed by atoms with Gasteiger partial charge in [0.25, 0.3) is 0 Å². The van der Waals surface area contributed by atoms with Crippen LogP contribution in [0.25, 0.3) is 0 Å². The van der Waals surface area contributed by atoms with Crippen LogP contribution in [0.3, 0.4) is 0 Å². The molecule has 0 saturated carbocycles. The summed E-state index contributed by atoms with van der Waals surface area (Å²) in [5.74, 6) is -1.68. The van der Waals surface area contributed by atoms with Gasteiger partial charge in [-0.05, 0) is 27.7 Å². The Morgan fingerprint density at radius 1 is 0.875 bits per heavy atom. The van der Waals surface area contributed by atoms with Gasteiger partial charge in [0.1, 0.15) is 0 Å². The Morgan fingerprint density at radius 3 is 1.31 bits per heavy atom. The van der Waals surface area contributed by atoms with Gasteiger partial charge in [0, 0.05) is 9.49 Å². The van der Waals surface area contributed by atoms with Crippen molar-refractivity contribution < 1.29 is 19.8 Å². The van der Waals surface area contributed by atoms with Crippen molar-refractivity contribution in [1.82, 2.24) is 0 Å². The summed E-state index contributed by atoms with van der Waals surface area (Å²) in [4.78, 5) is 21.2. The van der Waals surface area contributed by atoms with Crippen LogP contribution in [0.1, 0.15) is 40.5 Å². The lowest BCUT2D eigenvalue weighted by atomic mass is 10.1. The van der Waals surface area contributed by atoms with Gasteiger partial charge in [-0.2, -0.15) is 0 Å². The maximum Gasteiger partial charge on any atom is 0.304 e. The van der Waals surface area contributed by atoms with Gasteiger partial charge in [-0.3, -0.25) is 9.59 Å². The van der Waals surface area contributed by atoms with Gasteiger partial charge in [-0.25, -0.2) is 0 Å². The highest BCUT2D eigenvalue weighted by molar-refractivity contribution is 8.77. The second-order valence-corrected chi connectivity index (χ2v) is 8.37. The first-order valence-electron chi connectivity index (χ1n) is 4.84. The van der Waals surface area contributed by atoms with Crippen molar-refractivity contribution in [3.8, 4) is 0 Å². The highest BCUT2D eigenvalue weighted by Gasteiger charge is 2.29. The molecule has 0 amide bonds. The van der Waals surface area contributed by atoms with Gasteiger partial charge >= 0.3 is 11.9 Å². The Hall–Kier alpha value is -0.360. The largest absolute Gasteiger partial charge is 0.481 e. The van der Waals surface area contributed by atoms with Crippen molar-refractivity contribution in [2.75, 3.05) is 0 Å². The number of carbonyl (C=O) groups is 2. The third-order valence-corrected chi connectivity index (χ3v) is 5.88. The van der Waals surface area contributed by atoms with Crippen LogP contribution in [0.15, 0.2) is 0 Å². The van der Waals surface area contributed by atoms with E-state index in [1.807, 2.05) is 27.7 Å². The average molecular weight is 266 g/mol. The number of hydrogen-bond acceptors (Lipinski definition) is 4. The molecule has 94 valence electrons. The van der Waals surface area contributed by atoms with E-state index in [1.165, 1.54) is 21.6 Å². The van der Waals surface area contributed by atoms with Crippen molar-refractivity contribution in [3.63, 3.8) is 0 Å². The quantitative estimate of drug-likeness (QED) is 0.690. The van der Waals surface area contributed by atoms with Gasteiger partial charge < -0.3 is 10.2 Å². The average Bonchev–Trinajstić information content (AvgIpc) is 1.96. The zero-order valence-electron chi connectivity index (χ0n) is 9.94. The fraction of sp³-hybridized carbons (Fsp3) is 0.800. The molecule has 4 nitrogen and oxygen atoms in total. The Bertz CT molecular complexity index is 246. The topological polar surface area (TPSA) is 74.6 Å². The van der Waals surface area contributed by atoms with Crippen LogP contribution in [-0.2, 0) is 9.59 Å². The van der Waals surface area contributed by atoms with E-state index in [9.17, 15) is 9.59 Å². The molecule has 0 saturated heterocycles. The molecule has 0 unspecified atom stereocenters. The van der Waals surface area contributed by atoms with Crippen LogP contribution in [0.5, 0.6) is 0 Å². The molecule has 0 radical (unpaired) electrons. The van der Waals surface area contributed by atoms with E-state index in [0.717, 1.165) is 0 Å². The van der Waals surface area contributed by atoms with E-state index in [2.05, 4.69) is 0 Å². The number of hydrogen-bond donors (Lipinski definition) is 2. The van der Waals surface area contributed by atoms with Crippen LogP contribution >= 0.6 is 21.6 Å². The molecule has 6 heteroatoms. The fourth-order valence-corrected chi connectivity index (χ4v) is 3.54. The summed E-state index contributed by atoms with van der Waals surface area (Å²) in [6, 6.07) is 0. The van der Waals surface area contributed by atoms with Gasteiger partial charge in [-0.1, -0.05) is 21.6 Å². The summed E-state index contributed by atoms with van der Waals surface area (Å²) in [6.45, 7) is 7.37. The molecular weight excluding hydrogens is 248 g/mol. The number of rotatable bonds is 7. The van der Waals surface area contributed by atoms with Crippen molar-refractivity contribution in [2.24, 2.45) is 0 Å². The van der Waals surface area contributed by atoms with Crippen molar-refractivity contribution in [1.29, 1.82) is 0 Å². The molecule has 0 aliphatic carbocycles. The lowest BCUT2D eigenvalue weighted by Crippen LogP contribution is -2.23. The van der Waals surface area contributed by atoms with Gasteiger partial charge in [0.2, 0.25) is 0 Å². The number of carboxylic acids is 2. The Balaban J connectivity index is 4.21. The zero-order chi connectivity index (χ0) is 13.0. The minimum absolute atomic E-state index is 0.0633. The SMILES string of the molecule is CC(C)(CC(=O)O)SSC(C)(C)CC(=O)O. The normalized spacial score (nSPS) is 12.5. The maximum absolute atomic E-state index is 10.6. The summed E-state index contributed by atoms with van der Waals surface area (Å²) in [7, 11) is 2.86. The van der Waals surface area contributed by atoms with Crippen LogP contribution < -0.4 is 0 Å². The van der Waals surface area contributed by atoms with Crippen molar-refractivity contribution >= 4 is 33.5 Å². The monoisotopic (exact) mass is 266 g/mol. The maximum atomic E-state index is 10.6. The summed E-state index contributed by atoms with van der Waals surface area (Å²) in [5.41, 5.74) is 0. The fourth-order valence-electron chi connectivity index (χ4n) is 1.01. The Labute approximate surface area is 104 Å². The summed E-state index contributed by atoms with van der Waals surface area (Å²) in [5, 5.41) is 17.4. The second-order valence-electron chi connectivity index (χ2n) is 4.83. The first-order chi connectivity index (χ1) is 7.04. The molecule has 0 aliphatic heterocycles. The van der Waals surface area contributed by atoms with Crippen LogP contribution in [0.4, 0.5) is 0 Å². The first-order valence-corrected chi connectivity index (χ1v) is 6.99. The van der Waals surface area contributed by atoms with E-state index in [0.29, 0.717) is 0 Å². The zero-order valence-corrected chi connectivity index (χ0v) is 11.6. The van der Waals surface area contributed by atoms with Crippen molar-refractivity contribution in [2.45, 2.75) is 50.0 Å². The van der Waals surface area contributed by atoms with Crippen LogP contribution in [-0.4, -0.2) is 31.6 Å². The molecule has 0 heterocycles. The van der Waals surface area contributed by atoms with E-state index in [4.69, 9.17) is 10.2 Å².